The van der Waals surface area contributed by atoms with Crippen LogP contribution in [0.25, 0.3) is 0 Å². The van der Waals surface area contributed by atoms with Gasteiger partial charge < -0.3 is 10.5 Å². The minimum absolute atomic E-state index is 0.0454. The topological polar surface area (TPSA) is 52.3 Å². The number of ether oxygens (including phenoxy) is 1. The lowest BCUT2D eigenvalue weighted by Crippen LogP contribution is -2.46. The predicted octanol–water partition coefficient (Wildman–Crippen LogP) is 2.91. The second-order valence-corrected chi connectivity index (χ2v) is 6.78. The minimum Gasteiger partial charge on any atom is -0.369 e. The fourth-order valence-corrected chi connectivity index (χ4v) is 3.33. The normalized spacial score (nSPS) is 26.3. The van der Waals surface area contributed by atoms with Gasteiger partial charge in [-0.3, -0.25) is 4.79 Å². The highest BCUT2D eigenvalue weighted by molar-refractivity contribution is 5.88. The summed E-state index contributed by atoms with van der Waals surface area (Å²) in [4.78, 5) is 12.9. The number of hydrogen-bond donors (Lipinski definition) is 1. The molecule has 1 fully saturated rings. The lowest BCUT2D eigenvalue weighted by atomic mass is 9.69. The Morgan fingerprint density at radius 1 is 1.28 bits per heavy atom. The second kappa shape index (κ2) is 4.93. The van der Waals surface area contributed by atoms with Gasteiger partial charge in [-0.2, -0.15) is 0 Å². The summed E-state index contributed by atoms with van der Waals surface area (Å²) in [6.07, 6.45) is 2.41. The van der Waals surface area contributed by atoms with E-state index < -0.39 is 0 Å². The molecule has 1 unspecified atom stereocenters. The Morgan fingerprint density at radius 3 is 2.06 bits per heavy atom. The molecule has 0 aromatic rings. The van der Waals surface area contributed by atoms with Crippen molar-refractivity contribution in [1.82, 2.24) is 0 Å². The molecule has 0 spiro atoms. The van der Waals surface area contributed by atoms with Gasteiger partial charge in [-0.1, -0.05) is 13.8 Å². The molecular weight excluding hydrogens is 226 g/mol. The monoisotopic (exact) mass is 255 g/mol. The first-order chi connectivity index (χ1) is 8.14. The van der Waals surface area contributed by atoms with Crippen LogP contribution in [0.1, 0.15) is 60.8 Å². The van der Waals surface area contributed by atoms with Crippen LogP contribution in [0.4, 0.5) is 0 Å². The third-order valence-electron chi connectivity index (χ3n) is 4.66. The average Bonchev–Trinajstić information content (AvgIpc) is 2.49. The van der Waals surface area contributed by atoms with Gasteiger partial charge in [-0.25, -0.2) is 0 Å². The van der Waals surface area contributed by atoms with Crippen molar-refractivity contribution in [2.45, 2.75) is 72.0 Å². The first kappa shape index (κ1) is 15.6. The van der Waals surface area contributed by atoms with Gasteiger partial charge in [0.1, 0.15) is 5.78 Å². The van der Waals surface area contributed by atoms with Crippen LogP contribution < -0.4 is 5.73 Å². The number of Topliss-reactive ketones (excluding diaryl/α,β-unsaturated/α-hetero) is 1. The molecule has 0 aromatic heterocycles. The van der Waals surface area contributed by atoms with Crippen LogP contribution in [0.15, 0.2) is 0 Å². The van der Waals surface area contributed by atoms with Gasteiger partial charge >= 0.3 is 0 Å². The molecule has 2 N–H and O–H groups in total. The Bertz CT molecular complexity index is 308. The predicted molar refractivity (Wildman–Crippen MR) is 74.4 cm³/mol. The van der Waals surface area contributed by atoms with Gasteiger partial charge in [0.25, 0.3) is 0 Å². The van der Waals surface area contributed by atoms with E-state index in [4.69, 9.17) is 10.5 Å². The maximum absolute atomic E-state index is 12.9. The van der Waals surface area contributed by atoms with Crippen LogP contribution in [0, 0.1) is 11.3 Å². The average molecular weight is 255 g/mol. The van der Waals surface area contributed by atoms with Crippen molar-refractivity contribution < 1.29 is 9.53 Å². The maximum Gasteiger partial charge on any atom is 0.146 e. The van der Waals surface area contributed by atoms with Crippen molar-refractivity contribution in [2.24, 2.45) is 17.1 Å². The van der Waals surface area contributed by atoms with E-state index in [1.807, 2.05) is 13.8 Å². The van der Waals surface area contributed by atoms with E-state index in [1.165, 1.54) is 0 Å². The fraction of sp³-hybridized carbons (Fsp3) is 0.933. The largest absolute Gasteiger partial charge is 0.369 e. The Hall–Kier alpha value is -0.410. The summed E-state index contributed by atoms with van der Waals surface area (Å²) in [5.41, 5.74) is 4.92. The number of ketones is 1. The summed E-state index contributed by atoms with van der Waals surface area (Å²) < 4.78 is 6.04. The molecule has 1 rings (SSSR count). The molecule has 18 heavy (non-hydrogen) atoms. The van der Waals surface area contributed by atoms with E-state index in [0.29, 0.717) is 12.3 Å². The molecular formula is C15H29NO2. The molecule has 0 aliphatic carbocycles. The number of carbonyl (C=O) groups is 1. The molecule has 1 heterocycles. The molecule has 1 atom stereocenters. The number of carbonyl (C=O) groups excluding carboxylic acids is 1. The number of rotatable bonds is 5. The quantitative estimate of drug-likeness (QED) is 0.821. The number of nitrogens with two attached hydrogens (primary N) is 1. The third-order valence-corrected chi connectivity index (χ3v) is 4.66. The van der Waals surface area contributed by atoms with Gasteiger partial charge in [-0.05, 0) is 47.0 Å². The lowest BCUT2D eigenvalue weighted by molar-refractivity contribution is -0.139. The van der Waals surface area contributed by atoms with Crippen LogP contribution in [-0.2, 0) is 9.53 Å². The van der Waals surface area contributed by atoms with Crippen molar-refractivity contribution in [2.75, 3.05) is 6.54 Å². The summed E-state index contributed by atoms with van der Waals surface area (Å²) in [7, 11) is 0. The van der Waals surface area contributed by atoms with Crippen LogP contribution in [0.3, 0.4) is 0 Å². The Kier molecular flexibility index (Phi) is 4.29. The zero-order chi connectivity index (χ0) is 14.2. The third kappa shape index (κ3) is 2.62. The molecule has 1 saturated heterocycles. The van der Waals surface area contributed by atoms with Crippen molar-refractivity contribution in [3.05, 3.63) is 0 Å². The maximum atomic E-state index is 12.9. The second-order valence-electron chi connectivity index (χ2n) is 6.78. The lowest BCUT2D eigenvalue weighted by Gasteiger charge is -2.35. The Labute approximate surface area is 111 Å². The summed E-state index contributed by atoms with van der Waals surface area (Å²) >= 11 is 0. The highest BCUT2D eigenvalue weighted by Crippen LogP contribution is 2.46. The van der Waals surface area contributed by atoms with E-state index in [0.717, 1.165) is 19.3 Å². The zero-order valence-electron chi connectivity index (χ0n) is 12.8. The highest BCUT2D eigenvalue weighted by atomic mass is 16.5. The van der Waals surface area contributed by atoms with Crippen molar-refractivity contribution >= 4 is 5.78 Å². The molecule has 3 heteroatoms. The zero-order valence-corrected chi connectivity index (χ0v) is 12.8. The summed E-state index contributed by atoms with van der Waals surface area (Å²) in [5, 5.41) is 0. The van der Waals surface area contributed by atoms with E-state index in [2.05, 4.69) is 27.7 Å². The van der Waals surface area contributed by atoms with Crippen LogP contribution in [0.5, 0.6) is 0 Å². The molecule has 1 aliphatic heterocycles. The Balaban J connectivity index is 3.03. The minimum atomic E-state index is -0.384. The standard InChI is InChI=1S/C15H29NO2/c1-7-15(8-2,10-16)12(17)11-9-13(3,4)18-14(11,5)6/h11H,7-10,16H2,1-6H3. The molecule has 0 saturated carbocycles. The summed E-state index contributed by atoms with van der Waals surface area (Å²) in [6.45, 7) is 12.7. The first-order valence-corrected chi connectivity index (χ1v) is 7.08. The summed E-state index contributed by atoms with van der Waals surface area (Å²) in [5.74, 6) is 0.251. The van der Waals surface area contributed by atoms with Crippen LogP contribution >= 0.6 is 0 Å². The molecule has 0 amide bonds. The van der Waals surface area contributed by atoms with Crippen molar-refractivity contribution in [3.8, 4) is 0 Å². The van der Waals surface area contributed by atoms with E-state index in [9.17, 15) is 4.79 Å². The van der Waals surface area contributed by atoms with Crippen molar-refractivity contribution in [3.63, 3.8) is 0 Å². The molecule has 0 radical (unpaired) electrons. The molecule has 1 aliphatic rings. The van der Waals surface area contributed by atoms with Gasteiger partial charge in [0.15, 0.2) is 0 Å². The molecule has 0 bridgehead atoms. The highest BCUT2D eigenvalue weighted by Gasteiger charge is 2.53. The van der Waals surface area contributed by atoms with Crippen LogP contribution in [-0.4, -0.2) is 23.5 Å². The van der Waals surface area contributed by atoms with Gasteiger partial charge in [0.2, 0.25) is 0 Å². The smallest absolute Gasteiger partial charge is 0.146 e. The molecule has 0 aromatic carbocycles. The number of hydrogen-bond acceptors (Lipinski definition) is 3. The van der Waals surface area contributed by atoms with Crippen LogP contribution in [0.2, 0.25) is 0 Å². The van der Waals surface area contributed by atoms with Crippen molar-refractivity contribution in [1.29, 1.82) is 0 Å². The van der Waals surface area contributed by atoms with Gasteiger partial charge in [0, 0.05) is 17.9 Å². The SMILES string of the molecule is CCC(CC)(CN)C(=O)C1CC(C)(C)OC1(C)C. The molecule has 106 valence electrons. The summed E-state index contributed by atoms with van der Waals surface area (Å²) in [6, 6.07) is 0. The van der Waals surface area contributed by atoms with E-state index in [-0.39, 0.29) is 22.5 Å². The first-order valence-electron chi connectivity index (χ1n) is 7.08. The fourth-order valence-electron chi connectivity index (χ4n) is 3.33. The van der Waals surface area contributed by atoms with Gasteiger partial charge in [-0.15, -0.1) is 0 Å². The Morgan fingerprint density at radius 2 is 1.78 bits per heavy atom. The van der Waals surface area contributed by atoms with E-state index in [1.54, 1.807) is 0 Å². The van der Waals surface area contributed by atoms with E-state index >= 15 is 0 Å². The molecule has 3 nitrogen and oxygen atoms in total. The van der Waals surface area contributed by atoms with Gasteiger partial charge in [0.05, 0.1) is 11.2 Å².